The zero-order chi connectivity index (χ0) is 21.3. The molecule has 0 fully saturated rings. The van der Waals surface area contributed by atoms with Crippen molar-refractivity contribution in [3.63, 3.8) is 0 Å². The van der Waals surface area contributed by atoms with Crippen molar-refractivity contribution in [2.24, 2.45) is 0 Å². The van der Waals surface area contributed by atoms with Crippen molar-refractivity contribution in [1.29, 1.82) is 0 Å². The number of carbonyl (C=O) groups is 1. The minimum absolute atomic E-state index is 0.0859. The lowest BCUT2D eigenvalue weighted by Gasteiger charge is -2.16. The lowest BCUT2D eigenvalue weighted by Crippen LogP contribution is -2.26. The predicted molar refractivity (Wildman–Crippen MR) is 116 cm³/mol. The highest BCUT2D eigenvalue weighted by molar-refractivity contribution is 7.89. The first-order valence-electron chi connectivity index (χ1n) is 8.79. The van der Waals surface area contributed by atoms with Crippen LogP contribution in [0.2, 0.25) is 5.02 Å². The first-order valence-corrected chi connectivity index (χ1v) is 11.4. The summed E-state index contributed by atoms with van der Waals surface area (Å²) >= 11 is 7.29. The van der Waals surface area contributed by atoms with Crippen LogP contribution in [0.3, 0.4) is 0 Å². The van der Waals surface area contributed by atoms with E-state index in [1.165, 1.54) is 53.2 Å². The van der Waals surface area contributed by atoms with Crippen LogP contribution in [0.15, 0.2) is 70.2 Å². The minimum atomic E-state index is -3.72. The van der Waals surface area contributed by atoms with E-state index in [2.05, 4.69) is 10.3 Å². The third-order valence-electron chi connectivity index (χ3n) is 4.35. The lowest BCUT2D eigenvalue weighted by atomic mass is 10.2. The summed E-state index contributed by atoms with van der Waals surface area (Å²) in [7, 11) is -2.25. The molecule has 0 saturated carbocycles. The SMILES string of the molecule is CN(Cc1ccco1)S(=O)(=O)c1ccc(C(=O)Nc2nc3ccc(Cl)cc3s2)cc1. The maximum absolute atomic E-state index is 12.7. The van der Waals surface area contributed by atoms with E-state index in [-0.39, 0.29) is 17.3 Å². The number of hydrogen-bond acceptors (Lipinski definition) is 6. The number of furan rings is 1. The Morgan fingerprint density at radius 2 is 1.97 bits per heavy atom. The molecule has 0 atom stereocenters. The average molecular weight is 462 g/mol. The number of hydrogen-bond donors (Lipinski definition) is 1. The van der Waals surface area contributed by atoms with Gasteiger partial charge in [-0.25, -0.2) is 13.4 Å². The fraction of sp³-hybridized carbons (Fsp3) is 0.100. The van der Waals surface area contributed by atoms with Crippen molar-refractivity contribution < 1.29 is 17.6 Å². The third-order valence-corrected chi connectivity index (χ3v) is 7.34. The van der Waals surface area contributed by atoms with E-state index in [9.17, 15) is 13.2 Å². The topological polar surface area (TPSA) is 92.5 Å². The van der Waals surface area contributed by atoms with E-state index >= 15 is 0 Å². The summed E-state index contributed by atoms with van der Waals surface area (Å²) in [5.41, 5.74) is 1.06. The Labute approximate surface area is 182 Å². The number of halogens is 1. The molecule has 0 radical (unpaired) electrons. The number of fused-ring (bicyclic) bond motifs is 1. The summed E-state index contributed by atoms with van der Waals surface area (Å²) in [6.07, 6.45) is 1.49. The highest BCUT2D eigenvalue weighted by Crippen LogP contribution is 2.28. The van der Waals surface area contributed by atoms with Crippen LogP contribution in [0, 0.1) is 0 Å². The average Bonchev–Trinajstić information content (AvgIpc) is 3.37. The van der Waals surface area contributed by atoms with Crippen molar-refractivity contribution in [1.82, 2.24) is 9.29 Å². The van der Waals surface area contributed by atoms with Crippen LogP contribution in [0.4, 0.5) is 5.13 Å². The van der Waals surface area contributed by atoms with Gasteiger partial charge in [0, 0.05) is 17.6 Å². The second kappa shape index (κ2) is 8.19. The number of thiazole rings is 1. The van der Waals surface area contributed by atoms with Gasteiger partial charge in [0.2, 0.25) is 10.0 Å². The number of sulfonamides is 1. The quantitative estimate of drug-likeness (QED) is 0.452. The van der Waals surface area contributed by atoms with Crippen molar-refractivity contribution in [2.45, 2.75) is 11.4 Å². The standard InChI is InChI=1S/C20H16ClN3O4S2/c1-24(12-15-3-2-10-28-15)30(26,27)16-7-4-13(5-8-16)19(25)23-20-22-17-9-6-14(21)11-18(17)29-20/h2-11H,12H2,1H3,(H,22,23,25). The normalized spacial score (nSPS) is 11.8. The van der Waals surface area contributed by atoms with E-state index in [1.807, 2.05) is 0 Å². The Kier molecular flexibility index (Phi) is 5.61. The second-order valence-corrected chi connectivity index (χ2v) is 9.96. The molecular formula is C20H16ClN3O4S2. The molecule has 0 bridgehead atoms. The number of carbonyl (C=O) groups excluding carboxylic acids is 1. The molecule has 4 aromatic rings. The smallest absolute Gasteiger partial charge is 0.257 e. The lowest BCUT2D eigenvalue weighted by molar-refractivity contribution is 0.102. The fourth-order valence-electron chi connectivity index (χ4n) is 2.79. The summed E-state index contributed by atoms with van der Waals surface area (Å²) in [6.45, 7) is 0.110. The van der Waals surface area contributed by atoms with Gasteiger partial charge in [-0.3, -0.25) is 10.1 Å². The number of nitrogens with one attached hydrogen (secondary N) is 1. The van der Waals surface area contributed by atoms with Crippen molar-refractivity contribution in [3.05, 3.63) is 77.2 Å². The first kappa shape index (κ1) is 20.5. The number of benzene rings is 2. The summed E-state index contributed by atoms with van der Waals surface area (Å²) < 4.78 is 32.7. The number of amides is 1. The van der Waals surface area contributed by atoms with Gasteiger partial charge in [0.05, 0.1) is 27.9 Å². The molecule has 0 aliphatic heterocycles. The molecule has 1 amide bonds. The largest absolute Gasteiger partial charge is 0.468 e. The molecule has 0 saturated heterocycles. The van der Waals surface area contributed by atoms with Gasteiger partial charge in [-0.1, -0.05) is 22.9 Å². The van der Waals surface area contributed by atoms with Gasteiger partial charge in [-0.05, 0) is 54.6 Å². The van der Waals surface area contributed by atoms with Gasteiger partial charge in [-0.15, -0.1) is 0 Å². The Morgan fingerprint density at radius 1 is 1.20 bits per heavy atom. The van der Waals surface area contributed by atoms with E-state index in [4.69, 9.17) is 16.0 Å². The third kappa shape index (κ3) is 4.24. The Bertz CT molecular complexity index is 1300. The molecule has 10 heteroatoms. The van der Waals surface area contributed by atoms with Crippen LogP contribution >= 0.6 is 22.9 Å². The molecule has 2 heterocycles. The zero-order valence-electron chi connectivity index (χ0n) is 15.7. The van der Waals surface area contributed by atoms with E-state index in [1.54, 1.807) is 30.3 Å². The highest BCUT2D eigenvalue weighted by Gasteiger charge is 2.22. The molecule has 7 nitrogen and oxygen atoms in total. The number of rotatable bonds is 6. The maximum Gasteiger partial charge on any atom is 0.257 e. The molecule has 0 aliphatic rings. The molecule has 2 aromatic heterocycles. The van der Waals surface area contributed by atoms with Crippen LogP contribution in [0.25, 0.3) is 10.2 Å². The number of anilines is 1. The maximum atomic E-state index is 12.7. The van der Waals surface area contributed by atoms with Crippen molar-refractivity contribution in [2.75, 3.05) is 12.4 Å². The van der Waals surface area contributed by atoms with Crippen LogP contribution in [-0.4, -0.2) is 30.7 Å². The van der Waals surface area contributed by atoms with Crippen LogP contribution < -0.4 is 5.32 Å². The van der Waals surface area contributed by atoms with Gasteiger partial charge in [0.15, 0.2) is 5.13 Å². The summed E-state index contributed by atoms with van der Waals surface area (Å²) in [5, 5.41) is 3.76. The summed E-state index contributed by atoms with van der Waals surface area (Å²) in [5.74, 6) is 0.155. The molecule has 0 aliphatic carbocycles. The van der Waals surface area contributed by atoms with Gasteiger partial charge in [0.25, 0.3) is 5.91 Å². The van der Waals surface area contributed by atoms with Crippen LogP contribution in [-0.2, 0) is 16.6 Å². The van der Waals surface area contributed by atoms with Gasteiger partial charge >= 0.3 is 0 Å². The monoisotopic (exact) mass is 461 g/mol. The molecule has 154 valence electrons. The van der Waals surface area contributed by atoms with E-state index in [0.29, 0.717) is 21.5 Å². The molecular weight excluding hydrogens is 446 g/mol. The van der Waals surface area contributed by atoms with E-state index < -0.39 is 10.0 Å². The number of nitrogens with zero attached hydrogens (tertiary/aromatic N) is 2. The van der Waals surface area contributed by atoms with E-state index in [0.717, 1.165) is 10.2 Å². The zero-order valence-corrected chi connectivity index (χ0v) is 18.1. The molecule has 4 rings (SSSR count). The molecule has 0 spiro atoms. The first-order chi connectivity index (χ1) is 14.3. The molecule has 1 N–H and O–H groups in total. The summed E-state index contributed by atoms with van der Waals surface area (Å²) in [6, 6.07) is 14.4. The van der Waals surface area contributed by atoms with Crippen LogP contribution in [0.1, 0.15) is 16.1 Å². The Morgan fingerprint density at radius 3 is 2.67 bits per heavy atom. The van der Waals surface area contributed by atoms with Crippen molar-refractivity contribution >= 4 is 54.2 Å². The molecule has 2 aromatic carbocycles. The minimum Gasteiger partial charge on any atom is -0.468 e. The van der Waals surface area contributed by atoms with Gasteiger partial charge in [-0.2, -0.15) is 4.31 Å². The molecule has 0 unspecified atom stereocenters. The Balaban J connectivity index is 1.48. The highest BCUT2D eigenvalue weighted by atomic mass is 35.5. The summed E-state index contributed by atoms with van der Waals surface area (Å²) in [4.78, 5) is 17.0. The van der Waals surface area contributed by atoms with Crippen LogP contribution in [0.5, 0.6) is 0 Å². The van der Waals surface area contributed by atoms with Gasteiger partial charge < -0.3 is 4.42 Å². The molecule has 30 heavy (non-hydrogen) atoms. The fourth-order valence-corrected chi connectivity index (χ4v) is 5.06. The second-order valence-electron chi connectivity index (χ2n) is 6.45. The van der Waals surface area contributed by atoms with Gasteiger partial charge in [0.1, 0.15) is 5.76 Å². The Hall–Kier alpha value is -2.72. The predicted octanol–water partition coefficient (Wildman–Crippen LogP) is 4.62. The van der Waals surface area contributed by atoms with Crippen molar-refractivity contribution in [3.8, 4) is 0 Å². The number of aromatic nitrogens is 1.